The Morgan fingerprint density at radius 3 is 2.87 bits per heavy atom. The molecular weight excluding hydrogens is 198 g/mol. The Labute approximate surface area is 85.7 Å². The molecule has 0 aliphatic heterocycles. The fourth-order valence-electron chi connectivity index (χ4n) is 0.882. The third-order valence-corrected chi connectivity index (χ3v) is 1.57. The molecule has 0 aliphatic rings. The third kappa shape index (κ3) is 3.11. The molecule has 0 unspecified atom stereocenters. The zero-order valence-corrected chi connectivity index (χ0v) is 7.77. The van der Waals surface area contributed by atoms with Crippen molar-refractivity contribution in [2.45, 2.75) is 0 Å². The third-order valence-electron chi connectivity index (χ3n) is 1.57. The van der Waals surface area contributed by atoms with Gasteiger partial charge in [0.05, 0.1) is 10.6 Å². The minimum Gasteiger partial charge on any atom is -0.298 e. The van der Waals surface area contributed by atoms with Gasteiger partial charge in [-0.25, -0.2) is 0 Å². The van der Waals surface area contributed by atoms with Crippen LogP contribution in [0.25, 0.3) is 0 Å². The number of nitro benzene ring substituents is 1. The van der Waals surface area contributed by atoms with Gasteiger partial charge < -0.3 is 0 Å². The van der Waals surface area contributed by atoms with Crippen molar-refractivity contribution in [1.29, 1.82) is 0 Å². The van der Waals surface area contributed by atoms with E-state index < -0.39 is 10.8 Å². The fourth-order valence-corrected chi connectivity index (χ4v) is 0.882. The number of carbonyl (C=O) groups is 1. The minimum absolute atomic E-state index is 0.0483. The Hall–Kier alpha value is -2.37. The summed E-state index contributed by atoms with van der Waals surface area (Å²) in [6.07, 6.45) is 1.09. The largest absolute Gasteiger partial charge is 0.298 e. The van der Waals surface area contributed by atoms with Gasteiger partial charge in [-0.2, -0.15) is 0 Å². The molecular formula is C9H9N3O3. The van der Waals surface area contributed by atoms with Gasteiger partial charge in [-0.3, -0.25) is 25.8 Å². The van der Waals surface area contributed by atoms with Gasteiger partial charge in [0, 0.05) is 12.1 Å². The number of non-ortho nitro benzene ring substituents is 1. The normalized spacial score (nSPS) is 9.07. The van der Waals surface area contributed by atoms with Crippen LogP contribution in [0.15, 0.2) is 36.9 Å². The lowest BCUT2D eigenvalue weighted by atomic mass is 10.3. The van der Waals surface area contributed by atoms with Gasteiger partial charge in [-0.1, -0.05) is 12.6 Å². The van der Waals surface area contributed by atoms with Gasteiger partial charge in [0.1, 0.15) is 0 Å². The van der Waals surface area contributed by atoms with Crippen molar-refractivity contribution in [3.8, 4) is 0 Å². The average Bonchev–Trinajstić information content (AvgIpc) is 2.26. The molecule has 0 fully saturated rings. The monoisotopic (exact) mass is 207 g/mol. The van der Waals surface area contributed by atoms with Gasteiger partial charge in [0.15, 0.2) is 0 Å². The van der Waals surface area contributed by atoms with Crippen molar-refractivity contribution in [3.05, 3.63) is 47.0 Å². The highest BCUT2D eigenvalue weighted by Crippen LogP contribution is 2.15. The van der Waals surface area contributed by atoms with Crippen molar-refractivity contribution in [2.75, 3.05) is 5.43 Å². The molecule has 0 saturated heterocycles. The van der Waals surface area contributed by atoms with E-state index in [1.54, 1.807) is 6.07 Å². The average molecular weight is 207 g/mol. The van der Waals surface area contributed by atoms with E-state index in [0.29, 0.717) is 5.69 Å². The Kier molecular flexibility index (Phi) is 3.39. The summed E-state index contributed by atoms with van der Waals surface area (Å²) in [4.78, 5) is 20.7. The first kappa shape index (κ1) is 10.7. The minimum atomic E-state index is -0.513. The number of nitro groups is 1. The van der Waals surface area contributed by atoms with E-state index in [4.69, 9.17) is 0 Å². The second-order valence-corrected chi connectivity index (χ2v) is 2.63. The van der Waals surface area contributed by atoms with E-state index in [9.17, 15) is 14.9 Å². The first-order chi connectivity index (χ1) is 7.13. The fraction of sp³-hybridized carbons (Fsp3) is 0. The second kappa shape index (κ2) is 4.75. The van der Waals surface area contributed by atoms with Crippen molar-refractivity contribution in [3.63, 3.8) is 0 Å². The van der Waals surface area contributed by atoms with Gasteiger partial charge >= 0.3 is 0 Å². The zero-order valence-electron chi connectivity index (χ0n) is 7.77. The number of hydrogen-bond donors (Lipinski definition) is 2. The number of hydrazine groups is 1. The molecule has 1 amide bonds. The molecule has 0 aliphatic carbocycles. The number of benzene rings is 1. The molecule has 0 radical (unpaired) electrons. The second-order valence-electron chi connectivity index (χ2n) is 2.63. The Bertz CT molecular complexity index is 403. The Balaban J connectivity index is 2.69. The van der Waals surface area contributed by atoms with E-state index in [1.165, 1.54) is 18.2 Å². The van der Waals surface area contributed by atoms with Gasteiger partial charge in [0.2, 0.25) is 0 Å². The summed E-state index contributed by atoms with van der Waals surface area (Å²) in [6.45, 7) is 3.26. The molecule has 1 aromatic rings. The summed E-state index contributed by atoms with van der Waals surface area (Å²) < 4.78 is 0. The van der Waals surface area contributed by atoms with E-state index in [0.717, 1.165) is 6.08 Å². The number of rotatable bonds is 4. The topological polar surface area (TPSA) is 84.3 Å². The number of nitrogens with one attached hydrogen (secondary N) is 2. The molecule has 0 spiro atoms. The maximum atomic E-state index is 10.8. The van der Waals surface area contributed by atoms with E-state index in [-0.39, 0.29) is 5.69 Å². The molecule has 6 nitrogen and oxygen atoms in total. The zero-order chi connectivity index (χ0) is 11.3. The standard InChI is InChI=1S/C9H9N3O3/c1-2-9(13)11-10-7-4-3-5-8(6-7)12(14)15/h2-6,10H,1H2,(H,11,13). The van der Waals surface area contributed by atoms with Gasteiger partial charge in [-0.05, 0) is 12.1 Å². The maximum absolute atomic E-state index is 10.8. The SMILES string of the molecule is C=CC(=O)NNc1cccc([N+](=O)[O-])c1. The predicted molar refractivity (Wildman–Crippen MR) is 55.1 cm³/mol. The lowest BCUT2D eigenvalue weighted by Crippen LogP contribution is -2.27. The predicted octanol–water partition coefficient (Wildman–Crippen LogP) is 1.22. The van der Waals surface area contributed by atoms with Gasteiger partial charge in [-0.15, -0.1) is 0 Å². The molecule has 1 aromatic carbocycles. The summed E-state index contributed by atoms with van der Waals surface area (Å²) in [7, 11) is 0. The van der Waals surface area contributed by atoms with Crippen molar-refractivity contribution in [1.82, 2.24) is 5.43 Å². The van der Waals surface area contributed by atoms with Crippen molar-refractivity contribution in [2.24, 2.45) is 0 Å². The highest BCUT2D eigenvalue weighted by molar-refractivity contribution is 5.87. The highest BCUT2D eigenvalue weighted by atomic mass is 16.6. The van der Waals surface area contributed by atoms with Crippen LogP contribution in [0.4, 0.5) is 11.4 Å². The highest BCUT2D eigenvalue weighted by Gasteiger charge is 2.05. The van der Waals surface area contributed by atoms with Crippen LogP contribution in [0.3, 0.4) is 0 Å². The van der Waals surface area contributed by atoms with E-state index in [2.05, 4.69) is 17.4 Å². The van der Waals surface area contributed by atoms with Crippen LogP contribution in [0, 0.1) is 10.1 Å². The number of amides is 1. The summed E-state index contributed by atoms with van der Waals surface area (Å²) in [6, 6.07) is 5.78. The van der Waals surface area contributed by atoms with Crippen LogP contribution < -0.4 is 10.9 Å². The first-order valence-corrected chi connectivity index (χ1v) is 4.06. The molecule has 1 rings (SSSR count). The quantitative estimate of drug-likeness (QED) is 0.441. The number of anilines is 1. The summed E-state index contributed by atoms with van der Waals surface area (Å²) in [5, 5.41) is 10.4. The molecule has 2 N–H and O–H groups in total. The molecule has 0 bridgehead atoms. The Morgan fingerprint density at radius 1 is 1.53 bits per heavy atom. The molecule has 0 heterocycles. The van der Waals surface area contributed by atoms with E-state index >= 15 is 0 Å². The summed E-state index contributed by atoms with van der Waals surface area (Å²) in [5.74, 6) is -0.415. The van der Waals surface area contributed by atoms with Crippen LogP contribution in [0.5, 0.6) is 0 Å². The van der Waals surface area contributed by atoms with Crippen LogP contribution >= 0.6 is 0 Å². The van der Waals surface area contributed by atoms with Crippen LogP contribution in [0.2, 0.25) is 0 Å². The number of hydrogen-bond acceptors (Lipinski definition) is 4. The number of nitrogens with zero attached hydrogens (tertiary/aromatic N) is 1. The molecule has 78 valence electrons. The Morgan fingerprint density at radius 2 is 2.27 bits per heavy atom. The summed E-state index contributed by atoms with van der Waals surface area (Å²) >= 11 is 0. The molecule has 0 atom stereocenters. The van der Waals surface area contributed by atoms with Crippen LogP contribution in [-0.2, 0) is 4.79 Å². The molecule has 6 heteroatoms. The van der Waals surface area contributed by atoms with Crippen LogP contribution in [0.1, 0.15) is 0 Å². The van der Waals surface area contributed by atoms with E-state index in [1.807, 2.05) is 0 Å². The molecule has 0 saturated carbocycles. The summed E-state index contributed by atoms with van der Waals surface area (Å²) in [5.41, 5.74) is 5.18. The van der Waals surface area contributed by atoms with Crippen molar-refractivity contribution < 1.29 is 9.72 Å². The lowest BCUT2D eigenvalue weighted by molar-refractivity contribution is -0.384. The smallest absolute Gasteiger partial charge is 0.271 e. The van der Waals surface area contributed by atoms with Gasteiger partial charge in [0.25, 0.3) is 11.6 Å². The van der Waals surface area contributed by atoms with Crippen LogP contribution in [-0.4, -0.2) is 10.8 Å². The number of carbonyl (C=O) groups excluding carboxylic acids is 1. The lowest BCUT2D eigenvalue weighted by Gasteiger charge is -2.05. The first-order valence-electron chi connectivity index (χ1n) is 4.06. The molecule has 0 aromatic heterocycles. The molecule has 15 heavy (non-hydrogen) atoms. The van der Waals surface area contributed by atoms with Crippen molar-refractivity contribution >= 4 is 17.3 Å². The maximum Gasteiger partial charge on any atom is 0.271 e.